The lowest BCUT2D eigenvalue weighted by molar-refractivity contribution is 0.222. The monoisotopic (exact) mass is 308 g/mol. The van der Waals surface area contributed by atoms with E-state index >= 15 is 0 Å². The van der Waals surface area contributed by atoms with Crippen LogP contribution in [0.3, 0.4) is 0 Å². The fourth-order valence-corrected chi connectivity index (χ4v) is 1.85. The average molecular weight is 309 g/mol. The maximum Gasteiger partial charge on any atom is 0.322 e. The second-order valence-corrected chi connectivity index (χ2v) is 5.05. The Labute approximate surface area is 128 Å². The Kier molecular flexibility index (Phi) is 5.30. The lowest BCUT2D eigenvalue weighted by Crippen LogP contribution is -2.11. The number of benzene rings is 1. The molecular formula is C14H17ClN4O2. The van der Waals surface area contributed by atoms with Crippen molar-refractivity contribution < 1.29 is 9.84 Å². The minimum atomic E-state index is -0.0439. The molecule has 0 fully saturated rings. The van der Waals surface area contributed by atoms with Crippen LogP contribution in [0.4, 0.5) is 5.95 Å². The van der Waals surface area contributed by atoms with Crippen molar-refractivity contribution >= 4 is 17.5 Å². The van der Waals surface area contributed by atoms with E-state index in [4.69, 9.17) is 21.4 Å². The molecule has 0 saturated carbocycles. The molecule has 1 aromatic carbocycles. The zero-order chi connectivity index (χ0) is 15.2. The summed E-state index contributed by atoms with van der Waals surface area (Å²) >= 11 is 5.85. The van der Waals surface area contributed by atoms with Crippen LogP contribution in [-0.4, -0.2) is 26.2 Å². The minimum absolute atomic E-state index is 0.0117. The molecule has 112 valence electrons. The molecule has 2 N–H and O–H groups in total. The number of ether oxygens (including phenoxy) is 1. The summed E-state index contributed by atoms with van der Waals surface area (Å²) < 4.78 is 5.40. The van der Waals surface area contributed by atoms with Crippen molar-refractivity contribution in [3.8, 4) is 6.01 Å². The topological polar surface area (TPSA) is 80.2 Å². The molecule has 7 heteroatoms. The predicted molar refractivity (Wildman–Crippen MR) is 80.3 cm³/mol. The number of aliphatic hydroxyl groups excluding tert-OH is 1. The summed E-state index contributed by atoms with van der Waals surface area (Å²) in [6.07, 6.45) is -0.0439. The molecule has 0 amide bonds. The zero-order valence-corrected chi connectivity index (χ0v) is 12.6. The van der Waals surface area contributed by atoms with Crippen LogP contribution in [-0.2, 0) is 13.2 Å². The standard InChI is InChI=1S/C14H17ClN4O2/c1-9(2)21-14-18-12(15)17-13(19-14)16-7-10-4-3-5-11(6-10)8-20/h3-6,9,20H,7-8H2,1-2H3,(H,16,17,18,19). The minimum Gasteiger partial charge on any atom is -0.461 e. The van der Waals surface area contributed by atoms with Gasteiger partial charge in [0.2, 0.25) is 11.2 Å². The Morgan fingerprint density at radius 1 is 1.24 bits per heavy atom. The highest BCUT2D eigenvalue weighted by molar-refractivity contribution is 6.28. The van der Waals surface area contributed by atoms with E-state index < -0.39 is 0 Å². The normalized spacial score (nSPS) is 10.7. The van der Waals surface area contributed by atoms with Gasteiger partial charge in [-0.3, -0.25) is 0 Å². The second kappa shape index (κ2) is 7.19. The number of nitrogens with one attached hydrogen (secondary N) is 1. The first-order chi connectivity index (χ1) is 10.1. The van der Waals surface area contributed by atoms with Crippen LogP contribution in [0.5, 0.6) is 6.01 Å². The zero-order valence-electron chi connectivity index (χ0n) is 11.9. The van der Waals surface area contributed by atoms with Crippen molar-refractivity contribution in [2.45, 2.75) is 33.1 Å². The number of aromatic nitrogens is 3. The molecule has 0 bridgehead atoms. The molecule has 2 aromatic rings. The SMILES string of the molecule is CC(C)Oc1nc(Cl)nc(NCc2cccc(CO)c2)n1. The third-order valence-electron chi connectivity index (χ3n) is 2.55. The van der Waals surface area contributed by atoms with E-state index in [0.29, 0.717) is 12.5 Å². The average Bonchev–Trinajstić information content (AvgIpc) is 2.44. The van der Waals surface area contributed by atoms with Gasteiger partial charge in [-0.2, -0.15) is 15.0 Å². The molecule has 0 aliphatic heterocycles. The summed E-state index contributed by atoms with van der Waals surface area (Å²) in [6, 6.07) is 7.78. The smallest absolute Gasteiger partial charge is 0.322 e. The van der Waals surface area contributed by atoms with E-state index in [1.807, 2.05) is 38.1 Å². The molecule has 0 aliphatic rings. The van der Waals surface area contributed by atoms with Gasteiger partial charge in [0.15, 0.2) is 0 Å². The maximum absolute atomic E-state index is 9.12. The van der Waals surface area contributed by atoms with Crippen molar-refractivity contribution in [1.29, 1.82) is 0 Å². The largest absolute Gasteiger partial charge is 0.461 e. The van der Waals surface area contributed by atoms with Crippen LogP contribution in [0.15, 0.2) is 24.3 Å². The van der Waals surface area contributed by atoms with Gasteiger partial charge in [0.05, 0.1) is 12.7 Å². The molecule has 0 aliphatic carbocycles. The predicted octanol–water partition coefficient (Wildman–Crippen LogP) is 2.42. The van der Waals surface area contributed by atoms with Gasteiger partial charge in [-0.25, -0.2) is 0 Å². The van der Waals surface area contributed by atoms with E-state index in [-0.39, 0.29) is 24.0 Å². The number of hydrogen-bond donors (Lipinski definition) is 2. The molecule has 21 heavy (non-hydrogen) atoms. The summed E-state index contributed by atoms with van der Waals surface area (Å²) in [4.78, 5) is 12.0. The Morgan fingerprint density at radius 2 is 2.00 bits per heavy atom. The fourth-order valence-electron chi connectivity index (χ4n) is 1.69. The first-order valence-electron chi connectivity index (χ1n) is 6.57. The van der Waals surface area contributed by atoms with Gasteiger partial charge in [-0.05, 0) is 36.6 Å². The lowest BCUT2D eigenvalue weighted by Gasteiger charge is -2.10. The lowest BCUT2D eigenvalue weighted by atomic mass is 10.1. The molecule has 0 unspecified atom stereocenters. The summed E-state index contributed by atoms with van der Waals surface area (Å²) in [5, 5.41) is 12.3. The van der Waals surface area contributed by atoms with Crippen LogP contribution in [0.1, 0.15) is 25.0 Å². The quantitative estimate of drug-likeness (QED) is 0.853. The van der Waals surface area contributed by atoms with E-state index in [2.05, 4.69) is 20.3 Å². The van der Waals surface area contributed by atoms with Crippen molar-refractivity contribution in [2.24, 2.45) is 0 Å². The first kappa shape index (κ1) is 15.5. The summed E-state index contributed by atoms with van der Waals surface area (Å²) in [7, 11) is 0. The van der Waals surface area contributed by atoms with Crippen molar-refractivity contribution in [2.75, 3.05) is 5.32 Å². The van der Waals surface area contributed by atoms with Crippen LogP contribution in [0.25, 0.3) is 0 Å². The van der Waals surface area contributed by atoms with Crippen molar-refractivity contribution in [3.05, 3.63) is 40.7 Å². The highest BCUT2D eigenvalue weighted by Gasteiger charge is 2.07. The fraction of sp³-hybridized carbons (Fsp3) is 0.357. The van der Waals surface area contributed by atoms with Crippen LogP contribution >= 0.6 is 11.6 Å². The summed E-state index contributed by atoms with van der Waals surface area (Å²) in [5.41, 5.74) is 1.86. The first-order valence-corrected chi connectivity index (χ1v) is 6.95. The third-order valence-corrected chi connectivity index (χ3v) is 2.72. The van der Waals surface area contributed by atoms with E-state index in [9.17, 15) is 0 Å². The molecular weight excluding hydrogens is 292 g/mol. The van der Waals surface area contributed by atoms with Gasteiger partial charge in [-0.15, -0.1) is 0 Å². The Bertz CT molecular complexity index is 607. The van der Waals surface area contributed by atoms with Gasteiger partial charge in [0, 0.05) is 6.54 Å². The molecule has 0 saturated heterocycles. The van der Waals surface area contributed by atoms with Gasteiger partial charge >= 0.3 is 6.01 Å². The molecule has 0 spiro atoms. The van der Waals surface area contributed by atoms with Crippen molar-refractivity contribution in [1.82, 2.24) is 15.0 Å². The summed E-state index contributed by atoms with van der Waals surface area (Å²) in [6.45, 7) is 4.28. The van der Waals surface area contributed by atoms with Gasteiger partial charge in [0.25, 0.3) is 0 Å². The molecule has 1 heterocycles. The van der Waals surface area contributed by atoms with E-state index in [0.717, 1.165) is 11.1 Å². The van der Waals surface area contributed by atoms with Gasteiger partial charge < -0.3 is 15.2 Å². The summed E-state index contributed by atoms with van der Waals surface area (Å²) in [5.74, 6) is 0.347. The Hall–Kier alpha value is -1.92. The van der Waals surface area contributed by atoms with E-state index in [1.165, 1.54) is 0 Å². The highest BCUT2D eigenvalue weighted by Crippen LogP contribution is 2.14. The molecule has 2 rings (SSSR count). The maximum atomic E-state index is 9.12. The molecule has 0 radical (unpaired) electrons. The molecule has 0 atom stereocenters. The number of aliphatic hydroxyl groups is 1. The van der Waals surface area contributed by atoms with Crippen LogP contribution < -0.4 is 10.1 Å². The second-order valence-electron chi connectivity index (χ2n) is 4.71. The third kappa shape index (κ3) is 4.84. The Morgan fingerprint density at radius 3 is 2.71 bits per heavy atom. The molecule has 6 nitrogen and oxygen atoms in total. The van der Waals surface area contributed by atoms with Crippen LogP contribution in [0.2, 0.25) is 5.28 Å². The number of halogens is 1. The Balaban J connectivity index is 2.06. The van der Waals surface area contributed by atoms with Gasteiger partial charge in [-0.1, -0.05) is 24.3 Å². The van der Waals surface area contributed by atoms with Gasteiger partial charge in [0.1, 0.15) is 0 Å². The highest BCUT2D eigenvalue weighted by atomic mass is 35.5. The number of anilines is 1. The number of hydrogen-bond acceptors (Lipinski definition) is 6. The van der Waals surface area contributed by atoms with Crippen LogP contribution in [0, 0.1) is 0 Å². The van der Waals surface area contributed by atoms with Crippen molar-refractivity contribution in [3.63, 3.8) is 0 Å². The van der Waals surface area contributed by atoms with E-state index in [1.54, 1.807) is 0 Å². The number of nitrogens with zero attached hydrogens (tertiary/aromatic N) is 3. The molecule has 1 aromatic heterocycles. The number of rotatable bonds is 6.